The summed E-state index contributed by atoms with van der Waals surface area (Å²) in [5.74, 6) is -0.0560. The van der Waals surface area contributed by atoms with Crippen LogP contribution in [0.2, 0.25) is 0 Å². The average Bonchev–Trinajstić information content (AvgIpc) is 3.12. The highest BCUT2D eigenvalue weighted by Gasteiger charge is 2.31. The summed E-state index contributed by atoms with van der Waals surface area (Å²) in [5, 5.41) is 0. The van der Waals surface area contributed by atoms with Crippen LogP contribution >= 0.6 is 0 Å². The highest BCUT2D eigenvalue weighted by molar-refractivity contribution is 5.93. The molecule has 2 aliphatic rings. The number of alkyl halides is 3. The van der Waals surface area contributed by atoms with E-state index in [1.165, 1.54) is 18.2 Å². The van der Waals surface area contributed by atoms with E-state index in [-0.39, 0.29) is 18.2 Å². The number of likely N-dealkylation sites (N-methyl/N-ethyl adjacent to an activating group) is 1. The maximum atomic E-state index is 13.3. The Morgan fingerprint density at radius 1 is 1.21 bits per heavy atom. The zero-order chi connectivity index (χ0) is 24.6. The Balaban J connectivity index is 1.58. The number of rotatable bonds is 11. The third-order valence-electron chi connectivity index (χ3n) is 5.57. The van der Waals surface area contributed by atoms with Crippen molar-refractivity contribution in [3.8, 4) is 5.75 Å². The van der Waals surface area contributed by atoms with Gasteiger partial charge in [0.25, 0.3) is 5.91 Å². The van der Waals surface area contributed by atoms with Crippen LogP contribution in [0.1, 0.15) is 24.8 Å². The first-order chi connectivity index (χ1) is 16.2. The van der Waals surface area contributed by atoms with Gasteiger partial charge in [0.05, 0.1) is 13.3 Å². The number of hydrogen-bond donors (Lipinski definition) is 0. The highest BCUT2D eigenvalue weighted by atomic mass is 19.4. The molecular formula is C25H32F3N3O3. The largest absolute Gasteiger partial charge is 0.573 e. The van der Waals surface area contributed by atoms with Crippen LogP contribution in [0.5, 0.6) is 5.75 Å². The number of carbonyl (C=O) groups is 1. The number of ether oxygens (including phenoxy) is 2. The maximum Gasteiger partial charge on any atom is 0.573 e. The van der Waals surface area contributed by atoms with Crippen molar-refractivity contribution in [2.45, 2.75) is 32.2 Å². The molecule has 1 aliphatic carbocycles. The number of allylic oxidation sites excluding steroid dienone is 3. The van der Waals surface area contributed by atoms with E-state index in [0.717, 1.165) is 19.3 Å². The molecule has 0 N–H and O–H groups in total. The summed E-state index contributed by atoms with van der Waals surface area (Å²) in [5.41, 5.74) is 1.12. The van der Waals surface area contributed by atoms with Gasteiger partial charge in [-0.2, -0.15) is 0 Å². The van der Waals surface area contributed by atoms with Gasteiger partial charge in [0.1, 0.15) is 11.4 Å². The summed E-state index contributed by atoms with van der Waals surface area (Å²) >= 11 is 0. The van der Waals surface area contributed by atoms with Gasteiger partial charge in [0.15, 0.2) is 0 Å². The first kappa shape index (κ1) is 25.7. The van der Waals surface area contributed by atoms with Crippen molar-refractivity contribution in [3.63, 3.8) is 0 Å². The van der Waals surface area contributed by atoms with E-state index in [4.69, 9.17) is 4.74 Å². The van der Waals surface area contributed by atoms with Gasteiger partial charge < -0.3 is 24.2 Å². The smallest absolute Gasteiger partial charge is 0.406 e. The molecule has 6 nitrogen and oxygen atoms in total. The van der Waals surface area contributed by atoms with E-state index in [1.807, 2.05) is 36.0 Å². The van der Waals surface area contributed by atoms with Crippen LogP contribution in [0, 0.1) is 5.92 Å². The third kappa shape index (κ3) is 8.13. The van der Waals surface area contributed by atoms with E-state index in [0.29, 0.717) is 43.6 Å². The van der Waals surface area contributed by atoms with Gasteiger partial charge in [-0.1, -0.05) is 36.4 Å². The second-order valence-electron chi connectivity index (χ2n) is 8.62. The topological polar surface area (TPSA) is 45.3 Å². The van der Waals surface area contributed by atoms with Crippen molar-refractivity contribution in [1.29, 1.82) is 0 Å². The first-order valence-electron chi connectivity index (χ1n) is 11.4. The van der Waals surface area contributed by atoms with E-state index >= 15 is 0 Å². The van der Waals surface area contributed by atoms with Gasteiger partial charge in [-0.05, 0) is 37.0 Å². The van der Waals surface area contributed by atoms with E-state index in [1.54, 1.807) is 17.2 Å². The highest BCUT2D eigenvalue weighted by Crippen LogP contribution is 2.24. The number of carbonyl (C=O) groups excluding carboxylic acids is 1. The van der Waals surface area contributed by atoms with Crippen LogP contribution in [0.25, 0.3) is 0 Å². The number of hydrogen-bond acceptors (Lipinski definition) is 5. The average molecular weight is 480 g/mol. The van der Waals surface area contributed by atoms with Crippen molar-refractivity contribution in [1.82, 2.24) is 14.7 Å². The Morgan fingerprint density at radius 3 is 2.71 bits per heavy atom. The summed E-state index contributed by atoms with van der Waals surface area (Å²) in [7, 11) is 3.72. The molecule has 186 valence electrons. The maximum absolute atomic E-state index is 13.3. The lowest BCUT2D eigenvalue weighted by Crippen LogP contribution is -2.36. The minimum atomic E-state index is -4.76. The van der Waals surface area contributed by atoms with Crippen molar-refractivity contribution in [2.75, 3.05) is 40.5 Å². The molecule has 1 atom stereocenters. The minimum Gasteiger partial charge on any atom is -0.406 e. The van der Waals surface area contributed by atoms with E-state index in [9.17, 15) is 18.0 Å². The quantitative estimate of drug-likeness (QED) is 0.437. The van der Waals surface area contributed by atoms with Crippen molar-refractivity contribution < 1.29 is 27.4 Å². The molecule has 1 heterocycles. The molecule has 0 saturated carbocycles. The van der Waals surface area contributed by atoms with Crippen LogP contribution in [-0.4, -0.2) is 67.5 Å². The Labute approximate surface area is 198 Å². The normalized spacial score (nSPS) is 17.8. The van der Waals surface area contributed by atoms with Gasteiger partial charge in [0.2, 0.25) is 0 Å². The number of unbranched alkanes of at least 4 members (excludes halogenated alkanes) is 1. The Morgan fingerprint density at radius 2 is 2.03 bits per heavy atom. The zero-order valence-electron chi connectivity index (χ0n) is 19.6. The Hall–Kier alpha value is -2.94. The number of nitrogens with zero attached hydrogens (tertiary/aromatic N) is 3. The molecule has 34 heavy (non-hydrogen) atoms. The summed E-state index contributed by atoms with van der Waals surface area (Å²) in [6.07, 6.45) is 7.82. The number of benzene rings is 1. The predicted octanol–water partition coefficient (Wildman–Crippen LogP) is 4.52. The van der Waals surface area contributed by atoms with Crippen LogP contribution in [0.3, 0.4) is 0 Å². The number of amides is 1. The fraction of sp³-hybridized carbons (Fsp3) is 0.480. The summed E-state index contributed by atoms with van der Waals surface area (Å²) < 4.78 is 47.7. The number of halogens is 3. The van der Waals surface area contributed by atoms with Crippen molar-refractivity contribution >= 4 is 5.91 Å². The van der Waals surface area contributed by atoms with Crippen LogP contribution < -0.4 is 4.74 Å². The van der Waals surface area contributed by atoms with Gasteiger partial charge in [-0.15, -0.1) is 13.2 Å². The second-order valence-corrected chi connectivity index (χ2v) is 8.62. The summed E-state index contributed by atoms with van der Waals surface area (Å²) in [6.45, 7) is 2.51. The summed E-state index contributed by atoms with van der Waals surface area (Å²) in [6, 6.07) is 5.76. The molecule has 3 rings (SSSR count). The fourth-order valence-corrected chi connectivity index (χ4v) is 3.95. The molecule has 1 unspecified atom stereocenters. The Bertz CT molecular complexity index is 914. The van der Waals surface area contributed by atoms with Crippen LogP contribution in [-0.2, 0) is 16.1 Å². The molecule has 0 saturated heterocycles. The SMILES string of the molecule is CN1C=C(C(=O)N(CCCCOCC2C=CC=CC2)Cc2cccc(OC(F)(F)F)c2)N(C)C1. The second kappa shape index (κ2) is 12.0. The molecule has 1 aliphatic heterocycles. The minimum absolute atomic E-state index is 0.158. The molecule has 0 spiro atoms. The van der Waals surface area contributed by atoms with Crippen molar-refractivity contribution in [2.24, 2.45) is 5.92 Å². The van der Waals surface area contributed by atoms with Gasteiger partial charge in [-0.25, -0.2) is 0 Å². The van der Waals surface area contributed by atoms with Crippen LogP contribution in [0.4, 0.5) is 13.2 Å². The summed E-state index contributed by atoms with van der Waals surface area (Å²) in [4.78, 5) is 18.7. The van der Waals surface area contributed by atoms with E-state index in [2.05, 4.69) is 16.9 Å². The fourth-order valence-electron chi connectivity index (χ4n) is 3.95. The lowest BCUT2D eigenvalue weighted by Gasteiger charge is -2.26. The lowest BCUT2D eigenvalue weighted by atomic mass is 10.0. The van der Waals surface area contributed by atoms with E-state index < -0.39 is 6.36 Å². The third-order valence-corrected chi connectivity index (χ3v) is 5.57. The molecule has 0 fully saturated rings. The van der Waals surface area contributed by atoms with Gasteiger partial charge in [0, 0.05) is 45.9 Å². The lowest BCUT2D eigenvalue weighted by molar-refractivity contribution is -0.274. The van der Waals surface area contributed by atoms with Crippen LogP contribution in [0.15, 0.2) is 60.5 Å². The molecule has 9 heteroatoms. The molecular weight excluding hydrogens is 447 g/mol. The first-order valence-corrected chi connectivity index (χ1v) is 11.4. The predicted molar refractivity (Wildman–Crippen MR) is 123 cm³/mol. The molecule has 1 aromatic rings. The molecule has 0 radical (unpaired) electrons. The van der Waals surface area contributed by atoms with Crippen molar-refractivity contribution in [3.05, 3.63) is 66.0 Å². The zero-order valence-corrected chi connectivity index (χ0v) is 19.6. The standard InChI is InChI=1S/C25H32F3N3O3/c1-29-17-23(30(2)19-29)24(32)31(13-6-7-14-33-18-20-9-4-3-5-10-20)16-21-11-8-12-22(15-21)34-25(26,27)28/h3-5,8-9,11-12,15,17,20H,6-7,10,13-14,16,18-19H2,1-2H3. The van der Waals surface area contributed by atoms with Gasteiger partial charge in [-0.3, -0.25) is 4.79 Å². The molecule has 0 aromatic heterocycles. The Kier molecular flexibility index (Phi) is 9.04. The molecule has 1 amide bonds. The molecule has 1 aromatic carbocycles. The van der Waals surface area contributed by atoms with Gasteiger partial charge >= 0.3 is 6.36 Å². The monoisotopic (exact) mass is 479 g/mol. The molecule has 0 bridgehead atoms.